The molecule has 31 heavy (non-hydrogen) atoms. The summed E-state index contributed by atoms with van der Waals surface area (Å²) >= 11 is 5.29. The van der Waals surface area contributed by atoms with Crippen LogP contribution in [0.1, 0.15) is 43.5 Å². The summed E-state index contributed by atoms with van der Waals surface area (Å²) < 4.78 is 17.1. The highest BCUT2D eigenvalue weighted by Crippen LogP contribution is 2.20. The van der Waals surface area contributed by atoms with Crippen LogP contribution in [0.3, 0.4) is 0 Å². The first-order chi connectivity index (χ1) is 15.0. The van der Waals surface area contributed by atoms with Crippen LogP contribution in [0.15, 0.2) is 48.5 Å². The predicted octanol–water partition coefficient (Wildman–Crippen LogP) is 4.80. The van der Waals surface area contributed by atoms with E-state index in [4.69, 9.17) is 26.4 Å². The summed E-state index contributed by atoms with van der Waals surface area (Å²) in [5.74, 6) is 1.78. The second kappa shape index (κ2) is 11.7. The summed E-state index contributed by atoms with van der Waals surface area (Å²) in [5, 5.41) is 5.94. The molecule has 7 heteroatoms. The Balaban J connectivity index is 1.46. The maximum atomic E-state index is 12.5. The lowest BCUT2D eigenvalue weighted by Gasteiger charge is -2.14. The molecule has 6 nitrogen and oxygen atoms in total. The van der Waals surface area contributed by atoms with Crippen molar-refractivity contribution in [2.24, 2.45) is 5.92 Å². The van der Waals surface area contributed by atoms with Crippen molar-refractivity contribution in [2.75, 3.05) is 25.1 Å². The molecular formula is C24H30N2O4S. The molecule has 1 amide bonds. The fraction of sp³-hybridized carbons (Fsp3) is 0.417. The number of carbonyl (C=O) groups excluding carboxylic acids is 1. The Bertz CT molecular complexity index is 864. The van der Waals surface area contributed by atoms with Gasteiger partial charge in [0.1, 0.15) is 18.1 Å². The van der Waals surface area contributed by atoms with E-state index in [1.165, 1.54) is 0 Å². The predicted molar refractivity (Wildman–Crippen MR) is 126 cm³/mol. The van der Waals surface area contributed by atoms with Crippen molar-refractivity contribution in [3.8, 4) is 11.5 Å². The van der Waals surface area contributed by atoms with E-state index in [-0.39, 0.29) is 17.1 Å². The van der Waals surface area contributed by atoms with E-state index in [2.05, 4.69) is 24.5 Å². The zero-order valence-electron chi connectivity index (χ0n) is 18.1. The molecule has 1 fully saturated rings. The van der Waals surface area contributed by atoms with Gasteiger partial charge < -0.3 is 19.5 Å². The van der Waals surface area contributed by atoms with E-state index in [1.807, 2.05) is 24.3 Å². The second-order valence-electron chi connectivity index (χ2n) is 7.94. The monoisotopic (exact) mass is 442 g/mol. The maximum absolute atomic E-state index is 12.5. The van der Waals surface area contributed by atoms with Gasteiger partial charge >= 0.3 is 0 Å². The molecule has 0 radical (unpaired) electrons. The van der Waals surface area contributed by atoms with Gasteiger partial charge in [0.05, 0.1) is 12.7 Å². The van der Waals surface area contributed by atoms with Crippen LogP contribution < -0.4 is 20.1 Å². The molecule has 1 heterocycles. The fourth-order valence-electron chi connectivity index (χ4n) is 3.08. The van der Waals surface area contributed by atoms with Gasteiger partial charge in [0, 0.05) is 23.9 Å². The van der Waals surface area contributed by atoms with Crippen molar-refractivity contribution < 1.29 is 19.0 Å². The van der Waals surface area contributed by atoms with E-state index in [9.17, 15) is 4.79 Å². The van der Waals surface area contributed by atoms with Crippen molar-refractivity contribution in [1.82, 2.24) is 5.32 Å². The van der Waals surface area contributed by atoms with Crippen molar-refractivity contribution in [3.63, 3.8) is 0 Å². The Labute approximate surface area is 189 Å². The van der Waals surface area contributed by atoms with E-state index < -0.39 is 0 Å². The Kier molecular flexibility index (Phi) is 8.67. The third kappa shape index (κ3) is 7.84. The molecule has 2 aromatic rings. The van der Waals surface area contributed by atoms with Gasteiger partial charge in [-0.1, -0.05) is 19.9 Å². The van der Waals surface area contributed by atoms with E-state index in [0.29, 0.717) is 24.7 Å². The Morgan fingerprint density at radius 2 is 1.97 bits per heavy atom. The summed E-state index contributed by atoms with van der Waals surface area (Å²) in [5.41, 5.74) is 1.25. The lowest BCUT2D eigenvalue weighted by Crippen LogP contribution is -2.34. The minimum absolute atomic E-state index is 0.156. The van der Waals surface area contributed by atoms with Gasteiger partial charge in [0.25, 0.3) is 5.91 Å². The van der Waals surface area contributed by atoms with Crippen LogP contribution in [-0.4, -0.2) is 36.9 Å². The van der Waals surface area contributed by atoms with Crippen molar-refractivity contribution in [3.05, 3.63) is 54.1 Å². The zero-order valence-corrected chi connectivity index (χ0v) is 18.9. The average Bonchev–Trinajstić information content (AvgIpc) is 3.26. The summed E-state index contributed by atoms with van der Waals surface area (Å²) in [6.45, 7) is 6.30. The highest BCUT2D eigenvalue weighted by atomic mass is 32.1. The van der Waals surface area contributed by atoms with Gasteiger partial charge in [-0.25, -0.2) is 0 Å². The van der Waals surface area contributed by atoms with Gasteiger partial charge in [-0.3, -0.25) is 10.1 Å². The largest absolute Gasteiger partial charge is 0.494 e. The molecule has 0 aliphatic carbocycles. The minimum atomic E-state index is -0.281. The summed E-state index contributed by atoms with van der Waals surface area (Å²) in [7, 11) is 0. The molecule has 1 unspecified atom stereocenters. The van der Waals surface area contributed by atoms with Crippen molar-refractivity contribution >= 4 is 28.9 Å². The number of anilines is 1. The molecule has 3 rings (SSSR count). The Morgan fingerprint density at radius 1 is 1.16 bits per heavy atom. The number of carbonyl (C=O) groups is 1. The number of hydrogen-bond acceptors (Lipinski definition) is 5. The fourth-order valence-corrected chi connectivity index (χ4v) is 3.29. The first kappa shape index (κ1) is 23.0. The van der Waals surface area contributed by atoms with Crippen LogP contribution in [0, 0.1) is 5.92 Å². The maximum Gasteiger partial charge on any atom is 0.257 e. The molecule has 0 aromatic heterocycles. The molecule has 1 atom stereocenters. The first-order valence-electron chi connectivity index (χ1n) is 10.7. The van der Waals surface area contributed by atoms with Gasteiger partial charge in [-0.15, -0.1) is 0 Å². The highest BCUT2D eigenvalue weighted by Gasteiger charge is 2.16. The molecule has 0 saturated carbocycles. The molecule has 1 saturated heterocycles. The topological polar surface area (TPSA) is 68.8 Å². The first-order valence-corrected chi connectivity index (χ1v) is 11.1. The molecule has 166 valence electrons. The number of benzene rings is 2. The van der Waals surface area contributed by atoms with Gasteiger partial charge in [0.15, 0.2) is 5.11 Å². The number of thiocarbonyl (C=S) groups is 1. The average molecular weight is 443 g/mol. The molecule has 1 aliphatic rings. The third-order valence-electron chi connectivity index (χ3n) is 4.86. The number of ether oxygens (including phenoxy) is 3. The van der Waals surface area contributed by atoms with Gasteiger partial charge in [-0.05, 0) is 73.8 Å². The number of rotatable bonds is 9. The second-order valence-corrected chi connectivity index (χ2v) is 8.35. The summed E-state index contributed by atoms with van der Waals surface area (Å²) in [6, 6.07) is 14.5. The molecule has 2 N–H and O–H groups in total. The van der Waals surface area contributed by atoms with E-state index in [1.54, 1.807) is 24.3 Å². The van der Waals surface area contributed by atoms with Crippen LogP contribution in [0.25, 0.3) is 0 Å². The lowest BCUT2D eigenvalue weighted by molar-refractivity contribution is 0.0680. The molecule has 0 bridgehead atoms. The van der Waals surface area contributed by atoms with Gasteiger partial charge in [-0.2, -0.15) is 0 Å². The quantitative estimate of drug-likeness (QED) is 0.544. The Hall–Kier alpha value is -2.64. The summed E-state index contributed by atoms with van der Waals surface area (Å²) in [4.78, 5) is 12.5. The van der Waals surface area contributed by atoms with E-state index >= 15 is 0 Å². The van der Waals surface area contributed by atoms with Crippen molar-refractivity contribution in [1.29, 1.82) is 0 Å². The smallest absolute Gasteiger partial charge is 0.257 e. The van der Waals surface area contributed by atoms with Crippen LogP contribution in [0.2, 0.25) is 0 Å². The van der Waals surface area contributed by atoms with Crippen LogP contribution in [0.4, 0.5) is 5.69 Å². The third-order valence-corrected chi connectivity index (χ3v) is 5.06. The van der Waals surface area contributed by atoms with Crippen LogP contribution in [-0.2, 0) is 4.74 Å². The molecular weight excluding hydrogens is 412 g/mol. The van der Waals surface area contributed by atoms with E-state index in [0.717, 1.165) is 43.1 Å². The van der Waals surface area contributed by atoms with Crippen LogP contribution in [0.5, 0.6) is 11.5 Å². The summed E-state index contributed by atoms with van der Waals surface area (Å²) in [6.07, 6.45) is 3.25. The van der Waals surface area contributed by atoms with Crippen LogP contribution >= 0.6 is 12.2 Å². The molecule has 0 spiro atoms. The number of nitrogens with one attached hydrogen (secondary N) is 2. The number of hydrogen-bond donors (Lipinski definition) is 2. The minimum Gasteiger partial charge on any atom is -0.494 e. The number of amides is 1. The van der Waals surface area contributed by atoms with Crippen molar-refractivity contribution in [2.45, 2.75) is 39.2 Å². The molecule has 2 aromatic carbocycles. The van der Waals surface area contributed by atoms with Gasteiger partial charge in [0.2, 0.25) is 0 Å². The lowest BCUT2D eigenvalue weighted by atomic mass is 10.1. The molecule has 1 aliphatic heterocycles. The standard InChI is InChI=1S/C24H30N2O4S/c1-17(2)12-14-29-20-10-8-18(9-11-20)23(27)26-24(31)25-19-5-3-6-21(15-19)30-16-22-7-4-13-28-22/h3,5-6,8-11,15,17,22H,4,7,12-14,16H2,1-2H3,(H2,25,26,27,31). The Morgan fingerprint density at radius 3 is 2.68 bits per heavy atom. The zero-order chi connectivity index (χ0) is 22.1. The normalized spacial score (nSPS) is 15.5. The highest BCUT2D eigenvalue weighted by molar-refractivity contribution is 7.80. The SMILES string of the molecule is CC(C)CCOc1ccc(C(=O)NC(=S)Nc2cccc(OCC3CCCO3)c2)cc1.